The van der Waals surface area contributed by atoms with E-state index in [1.165, 1.54) is 25.1 Å². The second kappa shape index (κ2) is 8.33. The van der Waals surface area contributed by atoms with E-state index in [1.807, 2.05) is 0 Å². The first-order chi connectivity index (χ1) is 8.65. The van der Waals surface area contributed by atoms with Gasteiger partial charge in [0.05, 0.1) is 0 Å². The fourth-order valence-corrected chi connectivity index (χ4v) is 2.00. The van der Waals surface area contributed by atoms with Gasteiger partial charge in [0.15, 0.2) is 0 Å². The number of nitrogens with one attached hydrogen (secondary N) is 1. The van der Waals surface area contributed by atoms with Crippen LogP contribution in [0.3, 0.4) is 0 Å². The zero-order valence-corrected chi connectivity index (χ0v) is 12.4. The van der Waals surface area contributed by atoms with E-state index in [0.29, 0.717) is 6.04 Å². The van der Waals surface area contributed by atoms with Crippen LogP contribution in [0.5, 0.6) is 0 Å². The minimum absolute atomic E-state index is 0.645. The molecule has 3 nitrogen and oxygen atoms in total. The smallest absolute Gasteiger partial charge is 0.0359 e. The molecule has 0 bridgehead atoms. The molecule has 0 unspecified atom stereocenters. The van der Waals surface area contributed by atoms with Crippen LogP contribution >= 0.6 is 0 Å². The van der Waals surface area contributed by atoms with E-state index < -0.39 is 0 Å². The molecule has 1 aromatic heterocycles. The van der Waals surface area contributed by atoms with Gasteiger partial charge in [0, 0.05) is 31.0 Å². The van der Waals surface area contributed by atoms with Crippen molar-refractivity contribution in [3.8, 4) is 0 Å². The summed E-state index contributed by atoms with van der Waals surface area (Å²) >= 11 is 0. The molecule has 0 fully saturated rings. The number of rotatable bonds is 9. The molecular weight excluding hydrogens is 222 g/mol. The molecule has 0 aliphatic rings. The molecule has 1 rings (SSSR count). The molecule has 0 saturated heterocycles. The fourth-order valence-electron chi connectivity index (χ4n) is 2.00. The maximum absolute atomic E-state index is 3.53. The van der Waals surface area contributed by atoms with Crippen LogP contribution in [0.4, 0.5) is 0 Å². The molecule has 18 heavy (non-hydrogen) atoms. The van der Waals surface area contributed by atoms with Crippen LogP contribution in [0.25, 0.3) is 0 Å². The van der Waals surface area contributed by atoms with Gasteiger partial charge in [-0.25, -0.2) is 0 Å². The van der Waals surface area contributed by atoms with Crippen LogP contribution < -0.4 is 5.32 Å². The average molecular weight is 251 g/mol. The molecule has 1 aromatic rings. The summed E-state index contributed by atoms with van der Waals surface area (Å²) in [5.41, 5.74) is 1.40. The van der Waals surface area contributed by atoms with Crippen molar-refractivity contribution >= 4 is 0 Å². The van der Waals surface area contributed by atoms with E-state index >= 15 is 0 Å². The monoisotopic (exact) mass is 251 g/mol. The Morgan fingerprint density at radius 3 is 2.83 bits per heavy atom. The number of aromatic nitrogens is 1. The maximum Gasteiger partial charge on any atom is 0.0359 e. The van der Waals surface area contributed by atoms with Crippen molar-refractivity contribution in [2.24, 2.45) is 0 Å². The first kappa shape index (κ1) is 15.3. The van der Waals surface area contributed by atoms with Crippen molar-refractivity contribution in [1.29, 1.82) is 0 Å². The van der Waals surface area contributed by atoms with E-state index in [0.717, 1.165) is 19.6 Å². The number of hydrogen-bond acceptors (Lipinski definition) is 2. The minimum atomic E-state index is 0.645. The highest BCUT2D eigenvalue weighted by molar-refractivity contribution is 5.06. The van der Waals surface area contributed by atoms with E-state index in [-0.39, 0.29) is 0 Å². The number of hydrogen-bond donors (Lipinski definition) is 1. The minimum Gasteiger partial charge on any atom is -0.350 e. The van der Waals surface area contributed by atoms with Gasteiger partial charge in [-0.1, -0.05) is 6.92 Å². The largest absolute Gasteiger partial charge is 0.350 e. The SMILES string of the molecule is CCCn1cccc1CNCCCN(C)C(C)C. The Bertz CT molecular complexity index is 317. The van der Waals surface area contributed by atoms with Crippen molar-refractivity contribution in [2.75, 3.05) is 20.1 Å². The second-order valence-electron chi connectivity index (χ2n) is 5.30. The van der Waals surface area contributed by atoms with Gasteiger partial charge in [-0.15, -0.1) is 0 Å². The van der Waals surface area contributed by atoms with E-state index in [4.69, 9.17) is 0 Å². The summed E-state index contributed by atoms with van der Waals surface area (Å²) in [6, 6.07) is 4.99. The Morgan fingerprint density at radius 2 is 2.17 bits per heavy atom. The summed E-state index contributed by atoms with van der Waals surface area (Å²) in [6.45, 7) is 11.1. The van der Waals surface area contributed by atoms with Gasteiger partial charge >= 0.3 is 0 Å². The molecule has 0 atom stereocenters. The van der Waals surface area contributed by atoms with Gasteiger partial charge < -0.3 is 14.8 Å². The average Bonchev–Trinajstić information content (AvgIpc) is 2.76. The van der Waals surface area contributed by atoms with Crippen LogP contribution in [0.2, 0.25) is 0 Å². The second-order valence-corrected chi connectivity index (χ2v) is 5.30. The summed E-state index contributed by atoms with van der Waals surface area (Å²) in [6.07, 6.45) is 4.58. The first-order valence-corrected chi connectivity index (χ1v) is 7.20. The van der Waals surface area contributed by atoms with Gasteiger partial charge in [0.1, 0.15) is 0 Å². The van der Waals surface area contributed by atoms with Crippen LogP contribution in [0, 0.1) is 0 Å². The van der Waals surface area contributed by atoms with Gasteiger partial charge in [-0.05, 0) is 59.0 Å². The predicted molar refractivity (Wildman–Crippen MR) is 78.8 cm³/mol. The Kier molecular flexibility index (Phi) is 7.06. The number of nitrogens with zero attached hydrogens (tertiary/aromatic N) is 2. The topological polar surface area (TPSA) is 20.2 Å². The Balaban J connectivity index is 2.16. The molecule has 0 amide bonds. The lowest BCUT2D eigenvalue weighted by atomic mass is 10.3. The Morgan fingerprint density at radius 1 is 1.39 bits per heavy atom. The normalized spacial score (nSPS) is 11.7. The molecular formula is C15H29N3. The summed E-state index contributed by atoms with van der Waals surface area (Å²) in [5, 5.41) is 3.53. The van der Waals surface area contributed by atoms with Crippen molar-refractivity contribution in [3.05, 3.63) is 24.0 Å². The predicted octanol–water partition coefficient (Wildman–Crippen LogP) is 2.72. The first-order valence-electron chi connectivity index (χ1n) is 7.20. The summed E-state index contributed by atoms with van der Waals surface area (Å²) < 4.78 is 2.34. The van der Waals surface area contributed by atoms with Gasteiger partial charge in [0.2, 0.25) is 0 Å². The van der Waals surface area contributed by atoms with E-state index in [1.54, 1.807) is 0 Å². The third-order valence-electron chi connectivity index (χ3n) is 3.44. The molecule has 0 aromatic carbocycles. The number of aryl methyl sites for hydroxylation is 1. The van der Waals surface area contributed by atoms with Gasteiger partial charge in [-0.3, -0.25) is 0 Å². The molecule has 3 heteroatoms. The van der Waals surface area contributed by atoms with Gasteiger partial charge in [0.25, 0.3) is 0 Å². The van der Waals surface area contributed by atoms with Crippen molar-refractivity contribution in [2.45, 2.75) is 52.7 Å². The molecule has 104 valence electrons. The van der Waals surface area contributed by atoms with Crippen molar-refractivity contribution in [3.63, 3.8) is 0 Å². The van der Waals surface area contributed by atoms with E-state index in [2.05, 4.69) is 60.9 Å². The van der Waals surface area contributed by atoms with Crippen LogP contribution in [-0.4, -0.2) is 35.6 Å². The van der Waals surface area contributed by atoms with Crippen LogP contribution in [0.1, 0.15) is 39.3 Å². The molecule has 1 N–H and O–H groups in total. The Labute approximate surface area is 112 Å². The van der Waals surface area contributed by atoms with Crippen LogP contribution in [-0.2, 0) is 13.1 Å². The maximum atomic E-state index is 3.53. The lowest BCUT2D eigenvalue weighted by Crippen LogP contribution is -2.29. The van der Waals surface area contributed by atoms with Gasteiger partial charge in [-0.2, -0.15) is 0 Å². The highest BCUT2D eigenvalue weighted by atomic mass is 15.1. The zero-order valence-electron chi connectivity index (χ0n) is 12.4. The molecule has 1 heterocycles. The zero-order chi connectivity index (χ0) is 13.4. The third-order valence-corrected chi connectivity index (χ3v) is 3.44. The summed E-state index contributed by atoms with van der Waals surface area (Å²) in [5.74, 6) is 0. The highest BCUT2D eigenvalue weighted by Crippen LogP contribution is 2.03. The van der Waals surface area contributed by atoms with Crippen LogP contribution in [0.15, 0.2) is 18.3 Å². The standard InChI is InChI=1S/C15H29N3/c1-5-10-18-12-6-8-15(18)13-16-9-7-11-17(4)14(2)3/h6,8,12,14,16H,5,7,9-11,13H2,1-4H3. The molecule has 0 radical (unpaired) electrons. The van der Waals surface area contributed by atoms with E-state index in [9.17, 15) is 0 Å². The third kappa shape index (κ3) is 5.23. The highest BCUT2D eigenvalue weighted by Gasteiger charge is 2.02. The molecule has 0 saturated carbocycles. The lowest BCUT2D eigenvalue weighted by molar-refractivity contribution is 0.269. The lowest BCUT2D eigenvalue weighted by Gasteiger charge is -2.20. The van der Waals surface area contributed by atoms with Crippen molar-refractivity contribution < 1.29 is 0 Å². The summed E-state index contributed by atoms with van der Waals surface area (Å²) in [7, 11) is 2.19. The molecule has 0 spiro atoms. The summed E-state index contributed by atoms with van der Waals surface area (Å²) in [4.78, 5) is 2.39. The molecule has 0 aliphatic carbocycles. The Hall–Kier alpha value is -0.800. The van der Waals surface area contributed by atoms with Crippen molar-refractivity contribution in [1.82, 2.24) is 14.8 Å². The fraction of sp³-hybridized carbons (Fsp3) is 0.733. The quantitative estimate of drug-likeness (QED) is 0.681. The molecule has 0 aliphatic heterocycles.